The Labute approximate surface area is 68.4 Å². The molecule has 1 aromatic heterocycles. The van der Waals surface area contributed by atoms with E-state index in [4.69, 9.17) is 0 Å². The molecule has 4 heteroatoms. The minimum Gasteiger partial charge on any atom is -0.310 e. The highest BCUT2D eigenvalue weighted by Gasteiger charge is 2.05. The van der Waals surface area contributed by atoms with Crippen LogP contribution in [-0.4, -0.2) is 11.0 Å². The summed E-state index contributed by atoms with van der Waals surface area (Å²) < 4.78 is 24.8. The molecular formula is C8H9F2NO. The van der Waals surface area contributed by atoms with Gasteiger partial charge in [-0.25, -0.2) is 8.78 Å². The van der Waals surface area contributed by atoms with Gasteiger partial charge in [0.15, 0.2) is 0 Å². The van der Waals surface area contributed by atoms with Gasteiger partial charge in [-0.05, 0) is 13.0 Å². The van der Waals surface area contributed by atoms with Crippen LogP contribution in [0.15, 0.2) is 23.1 Å². The number of hydrogen-bond donors (Lipinski definition) is 0. The van der Waals surface area contributed by atoms with E-state index in [2.05, 4.69) is 0 Å². The third-order valence-electron chi connectivity index (χ3n) is 1.55. The summed E-state index contributed by atoms with van der Waals surface area (Å²) in [6, 6.07) is 3.18. The third kappa shape index (κ3) is 1.90. The molecule has 1 rings (SSSR count). The second-order valence-corrected chi connectivity index (χ2v) is 2.54. The normalized spacial score (nSPS) is 10.7. The Morgan fingerprint density at radius 2 is 2.25 bits per heavy atom. The number of pyridine rings is 1. The van der Waals surface area contributed by atoms with Crippen LogP contribution in [-0.2, 0) is 6.54 Å². The number of hydrogen-bond acceptors (Lipinski definition) is 1. The third-order valence-corrected chi connectivity index (χ3v) is 1.55. The highest BCUT2D eigenvalue weighted by molar-refractivity contribution is 5.07. The first-order valence-electron chi connectivity index (χ1n) is 3.55. The number of rotatable bonds is 2. The molecule has 0 N–H and O–H groups in total. The summed E-state index contributed by atoms with van der Waals surface area (Å²) in [4.78, 5) is 11.1. The molecule has 0 radical (unpaired) electrons. The lowest BCUT2D eigenvalue weighted by molar-refractivity contribution is 0.125. The fourth-order valence-electron chi connectivity index (χ4n) is 0.949. The number of nitrogens with zero attached hydrogens (tertiary/aromatic N) is 1. The van der Waals surface area contributed by atoms with Crippen molar-refractivity contribution in [3.63, 3.8) is 0 Å². The standard InChI is InChI=1S/C8H9F2NO/c1-6-3-2-4-11(8(6)12)5-7(9)10/h2-4,7H,5H2,1H3. The number of halogens is 2. The van der Waals surface area contributed by atoms with Gasteiger partial charge in [-0.3, -0.25) is 4.79 Å². The molecule has 0 aromatic carbocycles. The SMILES string of the molecule is Cc1cccn(CC(F)F)c1=O. The van der Waals surface area contributed by atoms with Gasteiger partial charge >= 0.3 is 0 Å². The van der Waals surface area contributed by atoms with E-state index < -0.39 is 13.0 Å². The number of aryl methyl sites for hydroxylation is 1. The molecule has 0 fully saturated rings. The van der Waals surface area contributed by atoms with E-state index in [9.17, 15) is 13.6 Å². The highest BCUT2D eigenvalue weighted by Crippen LogP contribution is 1.96. The molecule has 0 saturated heterocycles. The zero-order valence-corrected chi connectivity index (χ0v) is 6.63. The number of alkyl halides is 2. The monoisotopic (exact) mass is 173 g/mol. The van der Waals surface area contributed by atoms with Gasteiger partial charge in [0, 0.05) is 11.8 Å². The Morgan fingerprint density at radius 1 is 1.58 bits per heavy atom. The Balaban J connectivity index is 3.01. The molecule has 0 spiro atoms. The second kappa shape index (κ2) is 3.47. The maximum absolute atomic E-state index is 11.9. The Morgan fingerprint density at radius 3 is 2.83 bits per heavy atom. The zero-order chi connectivity index (χ0) is 9.14. The molecule has 66 valence electrons. The topological polar surface area (TPSA) is 22.0 Å². The molecular weight excluding hydrogens is 164 g/mol. The first kappa shape index (κ1) is 8.90. The molecule has 12 heavy (non-hydrogen) atoms. The lowest BCUT2D eigenvalue weighted by Gasteiger charge is -2.04. The quantitative estimate of drug-likeness (QED) is 0.663. The first-order chi connectivity index (χ1) is 5.61. The van der Waals surface area contributed by atoms with Gasteiger partial charge in [0.1, 0.15) is 0 Å². The van der Waals surface area contributed by atoms with Crippen molar-refractivity contribution in [2.45, 2.75) is 19.9 Å². The zero-order valence-electron chi connectivity index (χ0n) is 6.63. The van der Waals surface area contributed by atoms with Crippen LogP contribution < -0.4 is 5.56 Å². The van der Waals surface area contributed by atoms with Crippen LogP contribution in [0.3, 0.4) is 0 Å². The summed E-state index contributed by atoms with van der Waals surface area (Å²) >= 11 is 0. The van der Waals surface area contributed by atoms with Crippen molar-refractivity contribution in [2.75, 3.05) is 0 Å². The van der Waals surface area contributed by atoms with Crippen LogP contribution >= 0.6 is 0 Å². The summed E-state index contributed by atoms with van der Waals surface area (Å²) in [6.07, 6.45) is -1.12. The Bertz CT molecular complexity index is 319. The summed E-state index contributed by atoms with van der Waals surface area (Å²) in [5.74, 6) is 0. The predicted octanol–water partition coefficient (Wildman–Crippen LogP) is 1.42. The maximum Gasteiger partial charge on any atom is 0.256 e. The molecule has 1 heterocycles. The fraction of sp³-hybridized carbons (Fsp3) is 0.375. The minimum atomic E-state index is -2.48. The van der Waals surface area contributed by atoms with E-state index in [1.807, 2.05) is 0 Å². The van der Waals surface area contributed by atoms with Crippen LogP contribution in [0.4, 0.5) is 8.78 Å². The smallest absolute Gasteiger partial charge is 0.256 e. The van der Waals surface area contributed by atoms with E-state index in [0.717, 1.165) is 4.57 Å². The molecule has 0 aliphatic heterocycles. The first-order valence-corrected chi connectivity index (χ1v) is 3.55. The second-order valence-electron chi connectivity index (χ2n) is 2.54. The summed E-state index contributed by atoms with van der Waals surface area (Å²) in [5, 5.41) is 0. The molecule has 2 nitrogen and oxygen atoms in total. The Hall–Kier alpha value is -1.19. The average molecular weight is 173 g/mol. The van der Waals surface area contributed by atoms with Crippen molar-refractivity contribution in [3.05, 3.63) is 34.2 Å². The number of aromatic nitrogens is 1. The Kier molecular flexibility index (Phi) is 2.58. The summed E-state index contributed by atoms with van der Waals surface area (Å²) in [6.45, 7) is 1.07. The van der Waals surface area contributed by atoms with E-state index in [1.165, 1.54) is 6.20 Å². The summed E-state index contributed by atoms with van der Waals surface area (Å²) in [7, 11) is 0. The van der Waals surface area contributed by atoms with Crippen LogP contribution in [0.1, 0.15) is 5.56 Å². The molecule has 1 aromatic rings. The molecule has 0 atom stereocenters. The summed E-state index contributed by atoms with van der Waals surface area (Å²) in [5.41, 5.74) is 0.135. The van der Waals surface area contributed by atoms with Gasteiger partial charge in [0.2, 0.25) is 0 Å². The lowest BCUT2D eigenvalue weighted by atomic mass is 10.3. The van der Waals surface area contributed by atoms with Crippen LogP contribution in [0.2, 0.25) is 0 Å². The largest absolute Gasteiger partial charge is 0.310 e. The van der Waals surface area contributed by atoms with Gasteiger partial charge in [-0.15, -0.1) is 0 Å². The van der Waals surface area contributed by atoms with Crippen molar-refractivity contribution < 1.29 is 8.78 Å². The molecule has 0 amide bonds. The van der Waals surface area contributed by atoms with E-state index in [1.54, 1.807) is 19.1 Å². The van der Waals surface area contributed by atoms with E-state index in [0.29, 0.717) is 5.56 Å². The van der Waals surface area contributed by atoms with Crippen molar-refractivity contribution in [1.82, 2.24) is 4.57 Å². The lowest BCUT2D eigenvalue weighted by Crippen LogP contribution is -2.24. The van der Waals surface area contributed by atoms with Crippen molar-refractivity contribution in [3.8, 4) is 0 Å². The average Bonchev–Trinajstić information content (AvgIpc) is 1.98. The van der Waals surface area contributed by atoms with E-state index >= 15 is 0 Å². The minimum absolute atomic E-state index is 0.349. The van der Waals surface area contributed by atoms with E-state index in [-0.39, 0.29) is 5.56 Å². The van der Waals surface area contributed by atoms with Crippen LogP contribution in [0.25, 0.3) is 0 Å². The van der Waals surface area contributed by atoms with Gasteiger partial charge in [-0.2, -0.15) is 0 Å². The van der Waals surface area contributed by atoms with Gasteiger partial charge in [0.25, 0.3) is 12.0 Å². The van der Waals surface area contributed by atoms with Crippen molar-refractivity contribution in [1.29, 1.82) is 0 Å². The maximum atomic E-state index is 11.9. The molecule has 0 saturated carbocycles. The predicted molar refractivity (Wildman–Crippen MR) is 41.4 cm³/mol. The fourth-order valence-corrected chi connectivity index (χ4v) is 0.949. The van der Waals surface area contributed by atoms with Gasteiger partial charge in [-0.1, -0.05) is 6.07 Å². The van der Waals surface area contributed by atoms with Gasteiger partial charge in [0.05, 0.1) is 6.54 Å². The molecule has 0 aliphatic carbocycles. The molecule has 0 bridgehead atoms. The molecule has 0 unspecified atom stereocenters. The van der Waals surface area contributed by atoms with Crippen LogP contribution in [0, 0.1) is 6.92 Å². The van der Waals surface area contributed by atoms with Crippen molar-refractivity contribution in [2.24, 2.45) is 0 Å². The van der Waals surface area contributed by atoms with Gasteiger partial charge < -0.3 is 4.57 Å². The highest BCUT2D eigenvalue weighted by atomic mass is 19.3. The van der Waals surface area contributed by atoms with Crippen LogP contribution in [0.5, 0.6) is 0 Å². The van der Waals surface area contributed by atoms with Crippen molar-refractivity contribution >= 4 is 0 Å². The molecule has 0 aliphatic rings.